The molecule has 1 nitrogen and oxygen atoms in total. The Kier molecular flexibility index (Phi) is 12.6. The van der Waals surface area contributed by atoms with Crippen molar-refractivity contribution in [2.45, 2.75) is 105 Å². The largest absolute Gasteiger partial charge is 0.0622 e. The zero-order chi connectivity index (χ0) is 25.9. The molecule has 195 valence electrons. The van der Waals surface area contributed by atoms with Gasteiger partial charge in [-0.1, -0.05) is 60.7 Å². The van der Waals surface area contributed by atoms with Crippen molar-refractivity contribution in [3.63, 3.8) is 0 Å². The van der Waals surface area contributed by atoms with Crippen LogP contribution in [0.15, 0.2) is 80.7 Å². The summed E-state index contributed by atoms with van der Waals surface area (Å²) in [6.07, 6.45) is 13.2. The minimum Gasteiger partial charge on any atom is -0.0622 e. The number of hydrogen-bond donors (Lipinski definition) is 1. The second-order valence-corrected chi connectivity index (χ2v) is 36.7. The smallest absolute Gasteiger partial charge is 0.0184 e. The first-order valence-corrected chi connectivity index (χ1v) is 27.2. The summed E-state index contributed by atoms with van der Waals surface area (Å²) in [7, 11) is 0. The van der Waals surface area contributed by atoms with Crippen molar-refractivity contribution in [1.82, 2.24) is 3.30 Å². The summed E-state index contributed by atoms with van der Waals surface area (Å²) in [5, 5.41) is 0. The fourth-order valence-corrected chi connectivity index (χ4v) is 30.5. The Morgan fingerprint density at radius 2 is 1.11 bits per heavy atom. The van der Waals surface area contributed by atoms with Crippen LogP contribution >= 0.6 is 0 Å². The maximum absolute atomic E-state index is 4.41. The van der Waals surface area contributed by atoms with Crippen LogP contribution in [0.1, 0.15) is 85.5 Å². The molecule has 1 saturated carbocycles. The Morgan fingerprint density at radius 1 is 0.667 bits per heavy atom. The molecular formula is C33H50HfNSi. The van der Waals surface area contributed by atoms with Crippen molar-refractivity contribution >= 4 is 5.98 Å². The monoisotopic (exact) mass is 668 g/mol. The quantitative estimate of drug-likeness (QED) is 0.314. The SMILES string of the molecule is CC1=C(C)C(C)[C]([Hf]([NH]C2CCCCCCCCC2)[SiH](C)C)=C1C.c1ccc(-c2ccccc2)cc1. The summed E-state index contributed by atoms with van der Waals surface area (Å²) in [5.74, 6) is 0.175. The van der Waals surface area contributed by atoms with Gasteiger partial charge in [-0.05, 0) is 11.1 Å². The predicted molar refractivity (Wildman–Crippen MR) is 159 cm³/mol. The van der Waals surface area contributed by atoms with Crippen LogP contribution in [0, 0.1) is 5.92 Å². The van der Waals surface area contributed by atoms with Crippen molar-refractivity contribution in [2.75, 3.05) is 0 Å². The molecule has 0 amide bonds. The van der Waals surface area contributed by atoms with Gasteiger partial charge in [0.15, 0.2) is 0 Å². The number of benzene rings is 2. The first-order valence-electron chi connectivity index (χ1n) is 14.5. The molecule has 0 saturated heterocycles. The third-order valence-electron chi connectivity index (χ3n) is 8.35. The van der Waals surface area contributed by atoms with Gasteiger partial charge in [-0.3, -0.25) is 0 Å². The normalized spacial score (nSPS) is 19.8. The van der Waals surface area contributed by atoms with Crippen molar-refractivity contribution in [3.05, 3.63) is 80.7 Å². The average molecular weight is 667 g/mol. The summed E-state index contributed by atoms with van der Waals surface area (Å²) in [6, 6.07) is 21.6. The van der Waals surface area contributed by atoms with Crippen LogP contribution in [-0.4, -0.2) is 12.0 Å². The molecule has 1 unspecified atom stereocenters. The average Bonchev–Trinajstić information content (AvgIpc) is 3.09. The van der Waals surface area contributed by atoms with E-state index in [4.69, 9.17) is 0 Å². The first kappa shape index (κ1) is 29.5. The summed E-state index contributed by atoms with van der Waals surface area (Å²) in [5.41, 5.74) is 7.52. The fraction of sp³-hybridized carbons (Fsp3) is 0.515. The van der Waals surface area contributed by atoms with E-state index in [0.717, 1.165) is 12.0 Å². The Hall–Kier alpha value is -1.03. The molecule has 2 aliphatic carbocycles. The Morgan fingerprint density at radius 3 is 1.50 bits per heavy atom. The van der Waals surface area contributed by atoms with Crippen molar-refractivity contribution in [3.8, 4) is 11.1 Å². The molecule has 2 aliphatic rings. The van der Waals surface area contributed by atoms with Crippen LogP contribution in [0.25, 0.3) is 11.1 Å². The van der Waals surface area contributed by atoms with E-state index >= 15 is 0 Å². The van der Waals surface area contributed by atoms with Gasteiger partial charge in [0.05, 0.1) is 0 Å². The van der Waals surface area contributed by atoms with E-state index in [-0.39, 0.29) is 0 Å². The minimum atomic E-state index is -1.83. The van der Waals surface area contributed by atoms with Crippen LogP contribution in [0.4, 0.5) is 0 Å². The summed E-state index contributed by atoms with van der Waals surface area (Å²) in [4.78, 5) is 0. The van der Waals surface area contributed by atoms with Gasteiger partial charge in [0.25, 0.3) is 0 Å². The van der Waals surface area contributed by atoms with Gasteiger partial charge in [0.1, 0.15) is 0 Å². The zero-order valence-electron chi connectivity index (χ0n) is 23.9. The molecule has 0 spiro atoms. The molecule has 2 aromatic rings. The molecule has 2 aromatic carbocycles. The predicted octanol–water partition coefficient (Wildman–Crippen LogP) is 9.60. The van der Waals surface area contributed by atoms with E-state index in [0.29, 0.717) is 0 Å². The van der Waals surface area contributed by atoms with Gasteiger partial charge >= 0.3 is 161 Å². The fourth-order valence-electron chi connectivity index (χ4n) is 5.79. The Bertz CT molecular complexity index is 932. The van der Waals surface area contributed by atoms with E-state index < -0.39 is 26.9 Å². The van der Waals surface area contributed by atoms with Gasteiger partial charge in [-0.15, -0.1) is 0 Å². The molecule has 0 bridgehead atoms. The van der Waals surface area contributed by atoms with Crippen LogP contribution in [0.2, 0.25) is 13.1 Å². The van der Waals surface area contributed by atoms with Gasteiger partial charge < -0.3 is 0 Å². The summed E-state index contributed by atoms with van der Waals surface area (Å²) >= 11 is -1.83. The molecule has 0 aromatic heterocycles. The molecular weight excluding hydrogens is 617 g/mol. The molecule has 36 heavy (non-hydrogen) atoms. The van der Waals surface area contributed by atoms with Crippen molar-refractivity contribution in [2.24, 2.45) is 5.92 Å². The maximum atomic E-state index is 4.41. The zero-order valence-corrected chi connectivity index (χ0v) is 28.6. The molecule has 3 heteroatoms. The Balaban J connectivity index is 0.000000249. The van der Waals surface area contributed by atoms with Crippen LogP contribution in [0.3, 0.4) is 0 Å². The van der Waals surface area contributed by atoms with Crippen molar-refractivity contribution in [1.29, 1.82) is 0 Å². The van der Waals surface area contributed by atoms with Crippen LogP contribution in [-0.2, 0) is 20.9 Å². The topological polar surface area (TPSA) is 12.0 Å². The second-order valence-electron chi connectivity index (χ2n) is 11.3. The van der Waals surface area contributed by atoms with Crippen LogP contribution < -0.4 is 3.30 Å². The molecule has 1 fully saturated rings. The van der Waals surface area contributed by atoms with Gasteiger partial charge in [0.2, 0.25) is 0 Å². The van der Waals surface area contributed by atoms with E-state index in [1.165, 1.54) is 68.9 Å². The number of hydrogen-bond acceptors (Lipinski definition) is 1. The molecule has 0 heterocycles. The third-order valence-corrected chi connectivity index (χ3v) is 33.4. The molecule has 0 radical (unpaired) electrons. The minimum absolute atomic E-state index is 0.570. The van der Waals surface area contributed by atoms with Gasteiger partial charge in [-0.25, -0.2) is 0 Å². The summed E-state index contributed by atoms with van der Waals surface area (Å²) in [6.45, 7) is 14.9. The number of rotatable bonds is 5. The molecule has 4 rings (SSSR count). The van der Waals surface area contributed by atoms with Gasteiger partial charge in [0, 0.05) is 0 Å². The van der Waals surface area contributed by atoms with E-state index in [1.807, 2.05) is 15.5 Å². The molecule has 1 N–H and O–H groups in total. The van der Waals surface area contributed by atoms with E-state index in [9.17, 15) is 0 Å². The third kappa shape index (κ3) is 8.50. The molecule has 0 aliphatic heterocycles. The summed E-state index contributed by atoms with van der Waals surface area (Å²) < 4.78 is 6.36. The molecule has 1 atom stereocenters. The second kappa shape index (κ2) is 15.4. The number of nitrogens with one attached hydrogen (secondary N) is 1. The van der Waals surface area contributed by atoms with E-state index in [1.54, 1.807) is 16.7 Å². The Labute approximate surface area is 231 Å². The van der Waals surface area contributed by atoms with Crippen LogP contribution in [0.5, 0.6) is 0 Å². The first-order chi connectivity index (χ1) is 17.4. The maximum Gasteiger partial charge on any atom is -0.0184 e. The van der Waals surface area contributed by atoms with E-state index in [2.05, 4.69) is 92.6 Å². The van der Waals surface area contributed by atoms with Crippen molar-refractivity contribution < 1.29 is 20.9 Å². The number of allylic oxidation sites excluding steroid dienone is 4. The van der Waals surface area contributed by atoms with Gasteiger partial charge in [-0.2, -0.15) is 0 Å². The standard InChI is InChI=1S/C12H10.C10H20N.C9H13.C2H7Si.Hf/c1-3-7-11(8-4-1)12-9-5-2-6-10-12;11-10-8-6-4-2-1-3-5-7-9-10;1-6-5-7(2)9(4)8(6)3;1-3-2;/h1-10H;10-11H,1-9H2;6H,1-4H3;3H,1-2H3;/q;-1;;;+1.